The van der Waals surface area contributed by atoms with Crippen molar-refractivity contribution in [3.05, 3.63) is 70.5 Å². The fraction of sp³-hybridized carbons (Fsp3) is 0.481. The Kier molecular flexibility index (Phi) is 7.45. The van der Waals surface area contributed by atoms with Crippen molar-refractivity contribution in [3.63, 3.8) is 0 Å². The van der Waals surface area contributed by atoms with Crippen molar-refractivity contribution in [3.8, 4) is 0 Å². The first-order chi connectivity index (χ1) is 15.4. The third-order valence-corrected chi connectivity index (χ3v) is 6.02. The molecule has 1 fully saturated rings. The Morgan fingerprint density at radius 2 is 1.76 bits per heavy atom. The summed E-state index contributed by atoms with van der Waals surface area (Å²) in [7, 11) is 0. The zero-order valence-electron chi connectivity index (χ0n) is 20.5. The van der Waals surface area contributed by atoms with Gasteiger partial charge in [-0.3, -0.25) is 4.79 Å². The SMILES string of the molecule is Cc1ccc(CC(C(=O)N2CCN(C(=O)OC(C)(C)C)[C@H](C)C2)c2ccc(C)c(F)c2)cc1. The Hall–Kier alpha value is -2.89. The molecule has 0 radical (unpaired) electrons. The van der Waals surface area contributed by atoms with Gasteiger partial charge in [0.05, 0.1) is 5.92 Å². The summed E-state index contributed by atoms with van der Waals surface area (Å²) in [5.74, 6) is -0.852. The van der Waals surface area contributed by atoms with E-state index in [-0.39, 0.29) is 23.9 Å². The Labute approximate surface area is 196 Å². The maximum atomic E-state index is 14.4. The Morgan fingerprint density at radius 3 is 2.33 bits per heavy atom. The quantitative estimate of drug-likeness (QED) is 0.635. The number of hydrogen-bond acceptors (Lipinski definition) is 3. The summed E-state index contributed by atoms with van der Waals surface area (Å²) >= 11 is 0. The molecule has 1 saturated heterocycles. The molecular formula is C27H35FN2O3. The summed E-state index contributed by atoms with van der Waals surface area (Å²) < 4.78 is 19.9. The van der Waals surface area contributed by atoms with Crippen molar-refractivity contribution in [1.82, 2.24) is 9.80 Å². The van der Waals surface area contributed by atoms with Crippen molar-refractivity contribution in [2.24, 2.45) is 0 Å². The van der Waals surface area contributed by atoms with E-state index >= 15 is 0 Å². The minimum atomic E-state index is -0.571. The molecular weight excluding hydrogens is 419 g/mol. The summed E-state index contributed by atoms with van der Waals surface area (Å²) in [6.45, 7) is 12.4. The zero-order chi connectivity index (χ0) is 24.3. The topological polar surface area (TPSA) is 49.9 Å². The van der Waals surface area contributed by atoms with Crippen LogP contribution in [0.4, 0.5) is 9.18 Å². The van der Waals surface area contributed by atoms with Crippen molar-refractivity contribution >= 4 is 12.0 Å². The van der Waals surface area contributed by atoms with Gasteiger partial charge in [0, 0.05) is 25.7 Å². The van der Waals surface area contributed by atoms with E-state index in [0.717, 1.165) is 11.1 Å². The normalized spacial score (nSPS) is 17.6. The van der Waals surface area contributed by atoms with Crippen LogP contribution in [0, 0.1) is 19.7 Å². The van der Waals surface area contributed by atoms with Gasteiger partial charge in [0.2, 0.25) is 5.91 Å². The summed E-state index contributed by atoms with van der Waals surface area (Å²) in [4.78, 5) is 29.7. The van der Waals surface area contributed by atoms with E-state index in [9.17, 15) is 14.0 Å². The van der Waals surface area contributed by atoms with Crippen LogP contribution >= 0.6 is 0 Å². The van der Waals surface area contributed by atoms with Crippen molar-refractivity contribution in [2.45, 2.75) is 65.5 Å². The van der Waals surface area contributed by atoms with Gasteiger partial charge in [-0.25, -0.2) is 9.18 Å². The maximum Gasteiger partial charge on any atom is 0.410 e. The third-order valence-electron chi connectivity index (χ3n) is 6.02. The number of piperazine rings is 1. The van der Waals surface area contributed by atoms with E-state index in [0.29, 0.717) is 37.2 Å². The minimum absolute atomic E-state index is 0.0467. The molecule has 178 valence electrons. The predicted octanol–water partition coefficient (Wildman–Crippen LogP) is 5.24. The van der Waals surface area contributed by atoms with Crippen molar-refractivity contribution in [1.29, 1.82) is 0 Å². The smallest absolute Gasteiger partial charge is 0.410 e. The number of rotatable bonds is 4. The molecule has 2 atom stereocenters. The van der Waals surface area contributed by atoms with Gasteiger partial charge in [-0.15, -0.1) is 0 Å². The van der Waals surface area contributed by atoms with Crippen LogP contribution in [0.3, 0.4) is 0 Å². The molecule has 1 unspecified atom stereocenters. The summed E-state index contributed by atoms with van der Waals surface area (Å²) in [6, 6.07) is 13.0. The average molecular weight is 455 g/mol. The van der Waals surface area contributed by atoms with Gasteiger partial charge < -0.3 is 14.5 Å². The summed E-state index contributed by atoms with van der Waals surface area (Å²) in [5, 5.41) is 0. The number of hydrogen-bond donors (Lipinski definition) is 0. The Morgan fingerprint density at radius 1 is 1.09 bits per heavy atom. The fourth-order valence-corrected chi connectivity index (χ4v) is 4.10. The molecule has 1 aliphatic rings. The average Bonchev–Trinajstić information content (AvgIpc) is 2.73. The number of halogens is 1. The molecule has 0 saturated carbocycles. The molecule has 3 rings (SSSR count). The first kappa shape index (κ1) is 24.7. The molecule has 1 heterocycles. The molecule has 0 N–H and O–H groups in total. The molecule has 2 aromatic carbocycles. The van der Waals surface area contributed by atoms with E-state index in [1.807, 2.05) is 65.0 Å². The standard InChI is InChI=1S/C27H35FN2O3/c1-18-7-10-21(11-8-18)15-23(22-12-9-19(2)24(28)16-22)25(31)29-13-14-30(20(3)17-29)26(32)33-27(4,5)6/h7-12,16,20,23H,13-15,17H2,1-6H3/t20-,23?/m1/s1. The van der Waals surface area contributed by atoms with Crippen LogP contribution in [-0.2, 0) is 16.0 Å². The zero-order valence-corrected chi connectivity index (χ0v) is 20.5. The van der Waals surface area contributed by atoms with Crippen LogP contribution in [0.2, 0.25) is 0 Å². The Balaban J connectivity index is 1.80. The molecule has 5 nitrogen and oxygen atoms in total. The van der Waals surface area contributed by atoms with E-state index in [2.05, 4.69) is 0 Å². The van der Waals surface area contributed by atoms with E-state index < -0.39 is 11.5 Å². The minimum Gasteiger partial charge on any atom is -0.444 e. The number of benzene rings is 2. The maximum absolute atomic E-state index is 14.4. The number of carbonyl (C=O) groups is 2. The highest BCUT2D eigenvalue weighted by atomic mass is 19.1. The number of amides is 2. The van der Waals surface area contributed by atoms with E-state index in [4.69, 9.17) is 4.74 Å². The first-order valence-corrected chi connectivity index (χ1v) is 11.5. The van der Waals surface area contributed by atoms with Crippen LogP contribution in [0.5, 0.6) is 0 Å². The van der Waals surface area contributed by atoms with Crippen LogP contribution in [0.25, 0.3) is 0 Å². The number of carbonyl (C=O) groups excluding carboxylic acids is 2. The lowest BCUT2D eigenvalue weighted by atomic mass is 9.89. The number of aryl methyl sites for hydroxylation is 2. The van der Waals surface area contributed by atoms with Gasteiger partial charge in [0.25, 0.3) is 0 Å². The highest BCUT2D eigenvalue weighted by Gasteiger charge is 2.35. The molecule has 2 amide bonds. The number of nitrogens with zero attached hydrogens (tertiary/aromatic N) is 2. The van der Waals surface area contributed by atoms with E-state index in [1.165, 1.54) is 6.07 Å². The Bertz CT molecular complexity index is 997. The molecule has 33 heavy (non-hydrogen) atoms. The van der Waals surface area contributed by atoms with Crippen LogP contribution < -0.4 is 0 Å². The lowest BCUT2D eigenvalue weighted by Crippen LogP contribution is -2.57. The summed E-state index contributed by atoms with van der Waals surface area (Å²) in [6.07, 6.45) is 0.126. The molecule has 1 aliphatic heterocycles. The van der Waals surface area contributed by atoms with Gasteiger partial charge in [-0.1, -0.05) is 42.0 Å². The summed E-state index contributed by atoms with van der Waals surface area (Å²) in [5.41, 5.74) is 2.83. The highest BCUT2D eigenvalue weighted by molar-refractivity contribution is 5.84. The first-order valence-electron chi connectivity index (χ1n) is 11.5. The van der Waals surface area contributed by atoms with Crippen LogP contribution in [-0.4, -0.2) is 53.1 Å². The lowest BCUT2D eigenvalue weighted by molar-refractivity contribution is -0.135. The number of ether oxygens (including phenoxy) is 1. The molecule has 6 heteroatoms. The van der Waals surface area contributed by atoms with E-state index in [1.54, 1.807) is 22.8 Å². The lowest BCUT2D eigenvalue weighted by Gasteiger charge is -2.41. The molecule has 0 aromatic heterocycles. The van der Waals surface area contributed by atoms with Gasteiger partial charge in [0.1, 0.15) is 11.4 Å². The molecule has 0 aliphatic carbocycles. The monoisotopic (exact) mass is 454 g/mol. The largest absolute Gasteiger partial charge is 0.444 e. The van der Waals surface area contributed by atoms with Gasteiger partial charge in [-0.05, 0) is 70.7 Å². The van der Waals surface area contributed by atoms with Crippen LogP contribution in [0.1, 0.15) is 55.9 Å². The third kappa shape index (κ3) is 6.34. The van der Waals surface area contributed by atoms with Gasteiger partial charge >= 0.3 is 6.09 Å². The van der Waals surface area contributed by atoms with Crippen molar-refractivity contribution in [2.75, 3.05) is 19.6 Å². The molecule has 0 spiro atoms. The van der Waals surface area contributed by atoms with Gasteiger partial charge in [0.15, 0.2) is 0 Å². The van der Waals surface area contributed by atoms with Crippen molar-refractivity contribution < 1.29 is 18.7 Å². The van der Waals surface area contributed by atoms with Gasteiger partial charge in [-0.2, -0.15) is 0 Å². The fourth-order valence-electron chi connectivity index (χ4n) is 4.10. The second-order valence-electron chi connectivity index (χ2n) is 10.1. The predicted molar refractivity (Wildman–Crippen MR) is 128 cm³/mol. The highest BCUT2D eigenvalue weighted by Crippen LogP contribution is 2.27. The molecule has 0 bridgehead atoms. The molecule has 2 aromatic rings. The second kappa shape index (κ2) is 9.94. The second-order valence-corrected chi connectivity index (χ2v) is 10.1. The van der Waals surface area contributed by atoms with Crippen LogP contribution in [0.15, 0.2) is 42.5 Å².